The van der Waals surface area contributed by atoms with Gasteiger partial charge in [-0.2, -0.15) is 0 Å². The summed E-state index contributed by atoms with van der Waals surface area (Å²) in [6.07, 6.45) is 2.69. The van der Waals surface area contributed by atoms with Crippen molar-refractivity contribution >= 4 is 29.9 Å². The quantitative estimate of drug-likeness (QED) is 0.185. The highest BCUT2D eigenvalue weighted by Crippen LogP contribution is 2.17. The second kappa shape index (κ2) is 13.0. The standard InChI is InChI=1S/C23H28N4O2.HI/c1-3-13-28-16-20-12-8-7-11-19(20)14-25-23(24-2)26-15-21-17-29-22(27-21)18-9-5-4-6-10-18;/h4-12,17H,3,13-16H2,1-2H3,(H2,24,25,26);1H. The number of aromatic nitrogens is 1. The summed E-state index contributed by atoms with van der Waals surface area (Å²) in [5.74, 6) is 1.32. The molecule has 2 N–H and O–H groups in total. The second-order valence-electron chi connectivity index (χ2n) is 6.61. The van der Waals surface area contributed by atoms with Crippen LogP contribution in [-0.4, -0.2) is 24.6 Å². The molecule has 0 aliphatic rings. The molecular weight excluding hydrogens is 491 g/mol. The highest BCUT2D eigenvalue weighted by molar-refractivity contribution is 14.0. The summed E-state index contributed by atoms with van der Waals surface area (Å²) in [4.78, 5) is 8.83. The molecule has 0 aliphatic heterocycles. The molecule has 0 bridgehead atoms. The maximum atomic E-state index is 5.69. The summed E-state index contributed by atoms with van der Waals surface area (Å²) in [6.45, 7) is 4.70. The molecule has 0 radical (unpaired) electrons. The lowest BCUT2D eigenvalue weighted by Crippen LogP contribution is -2.36. The van der Waals surface area contributed by atoms with Crippen LogP contribution in [0.2, 0.25) is 0 Å². The molecule has 1 heterocycles. The first kappa shape index (κ1) is 23.9. The van der Waals surface area contributed by atoms with E-state index in [9.17, 15) is 0 Å². The lowest BCUT2D eigenvalue weighted by Gasteiger charge is -2.14. The Balaban J connectivity index is 0.00000320. The smallest absolute Gasteiger partial charge is 0.226 e. The minimum absolute atomic E-state index is 0. The summed E-state index contributed by atoms with van der Waals surface area (Å²) < 4.78 is 11.3. The van der Waals surface area contributed by atoms with Crippen molar-refractivity contribution in [3.63, 3.8) is 0 Å². The fraction of sp³-hybridized carbons (Fsp3) is 0.304. The van der Waals surface area contributed by atoms with Crippen LogP contribution in [0.15, 0.2) is 70.3 Å². The number of oxazole rings is 1. The van der Waals surface area contributed by atoms with Gasteiger partial charge < -0.3 is 19.8 Å². The molecule has 0 saturated carbocycles. The van der Waals surface area contributed by atoms with Gasteiger partial charge in [0.2, 0.25) is 5.89 Å². The maximum Gasteiger partial charge on any atom is 0.226 e. The number of halogens is 1. The highest BCUT2D eigenvalue weighted by atomic mass is 127. The lowest BCUT2D eigenvalue weighted by molar-refractivity contribution is 0.121. The summed E-state index contributed by atoms with van der Waals surface area (Å²) in [7, 11) is 1.75. The van der Waals surface area contributed by atoms with Crippen LogP contribution < -0.4 is 10.6 Å². The fourth-order valence-corrected chi connectivity index (χ4v) is 2.87. The first-order valence-corrected chi connectivity index (χ1v) is 9.89. The minimum atomic E-state index is 0. The van der Waals surface area contributed by atoms with Crippen LogP contribution in [0.25, 0.3) is 11.5 Å². The van der Waals surface area contributed by atoms with Crippen molar-refractivity contribution < 1.29 is 9.15 Å². The summed E-state index contributed by atoms with van der Waals surface area (Å²) in [6, 6.07) is 18.1. The number of rotatable bonds is 9. The number of hydrogen-bond donors (Lipinski definition) is 2. The predicted octanol–water partition coefficient (Wildman–Crippen LogP) is 4.75. The Morgan fingerprint density at radius 2 is 1.70 bits per heavy atom. The third-order valence-corrected chi connectivity index (χ3v) is 4.40. The van der Waals surface area contributed by atoms with Gasteiger partial charge >= 0.3 is 0 Å². The Morgan fingerprint density at radius 3 is 2.43 bits per heavy atom. The van der Waals surface area contributed by atoms with E-state index in [1.807, 2.05) is 42.5 Å². The SMILES string of the molecule is CCCOCc1ccccc1CNC(=NC)NCc1coc(-c2ccccc2)n1.I. The van der Waals surface area contributed by atoms with Crippen LogP contribution in [-0.2, 0) is 24.4 Å². The molecule has 1 aromatic heterocycles. The first-order valence-electron chi connectivity index (χ1n) is 9.89. The highest BCUT2D eigenvalue weighted by Gasteiger charge is 2.08. The van der Waals surface area contributed by atoms with Gasteiger partial charge in [0.05, 0.1) is 18.8 Å². The molecule has 0 fully saturated rings. The zero-order valence-electron chi connectivity index (χ0n) is 17.4. The summed E-state index contributed by atoms with van der Waals surface area (Å²) >= 11 is 0. The van der Waals surface area contributed by atoms with E-state index in [0.717, 1.165) is 24.3 Å². The van der Waals surface area contributed by atoms with E-state index in [0.29, 0.717) is 31.5 Å². The van der Waals surface area contributed by atoms with Crippen molar-refractivity contribution in [2.45, 2.75) is 33.0 Å². The molecule has 0 aliphatic carbocycles. The number of nitrogens with one attached hydrogen (secondary N) is 2. The molecule has 0 saturated heterocycles. The van der Waals surface area contributed by atoms with Gasteiger partial charge in [0.15, 0.2) is 5.96 Å². The van der Waals surface area contributed by atoms with Gasteiger partial charge in [-0.3, -0.25) is 4.99 Å². The van der Waals surface area contributed by atoms with Crippen molar-refractivity contribution in [1.29, 1.82) is 0 Å². The van der Waals surface area contributed by atoms with E-state index in [4.69, 9.17) is 9.15 Å². The van der Waals surface area contributed by atoms with Gasteiger partial charge in [-0.25, -0.2) is 4.98 Å². The molecule has 160 valence electrons. The van der Waals surface area contributed by atoms with Crippen molar-refractivity contribution in [1.82, 2.24) is 15.6 Å². The molecule has 30 heavy (non-hydrogen) atoms. The zero-order valence-corrected chi connectivity index (χ0v) is 19.8. The van der Waals surface area contributed by atoms with Gasteiger partial charge in [-0.1, -0.05) is 49.4 Å². The molecule has 6 nitrogen and oxygen atoms in total. The first-order chi connectivity index (χ1) is 14.3. The molecule has 0 amide bonds. The summed E-state index contributed by atoms with van der Waals surface area (Å²) in [5.41, 5.74) is 4.16. The number of benzene rings is 2. The minimum Gasteiger partial charge on any atom is -0.444 e. The van der Waals surface area contributed by atoms with E-state index >= 15 is 0 Å². The average molecular weight is 520 g/mol. The second-order valence-corrected chi connectivity index (χ2v) is 6.61. The Morgan fingerprint density at radius 1 is 1.00 bits per heavy atom. The molecule has 3 aromatic rings. The van der Waals surface area contributed by atoms with E-state index in [-0.39, 0.29) is 24.0 Å². The van der Waals surface area contributed by atoms with Crippen molar-refractivity contribution in [3.8, 4) is 11.5 Å². The monoisotopic (exact) mass is 520 g/mol. The van der Waals surface area contributed by atoms with Crippen LogP contribution in [0.1, 0.15) is 30.2 Å². The molecular formula is C23H29IN4O2. The Kier molecular flexibility index (Phi) is 10.4. The van der Waals surface area contributed by atoms with E-state index in [2.05, 4.69) is 39.7 Å². The van der Waals surface area contributed by atoms with Crippen molar-refractivity contribution in [3.05, 3.63) is 77.7 Å². The van der Waals surface area contributed by atoms with Crippen LogP contribution in [0, 0.1) is 0 Å². The molecule has 0 atom stereocenters. The van der Waals surface area contributed by atoms with Crippen LogP contribution in [0.3, 0.4) is 0 Å². The largest absolute Gasteiger partial charge is 0.444 e. The van der Waals surface area contributed by atoms with Crippen molar-refractivity contribution in [2.75, 3.05) is 13.7 Å². The maximum absolute atomic E-state index is 5.69. The molecule has 2 aromatic carbocycles. The number of guanidine groups is 1. The topological polar surface area (TPSA) is 71.7 Å². The van der Waals surface area contributed by atoms with Crippen LogP contribution in [0.4, 0.5) is 0 Å². The van der Waals surface area contributed by atoms with E-state index in [1.165, 1.54) is 11.1 Å². The van der Waals surface area contributed by atoms with Gasteiger partial charge in [-0.05, 0) is 29.7 Å². The van der Waals surface area contributed by atoms with Crippen LogP contribution >= 0.6 is 24.0 Å². The fourth-order valence-electron chi connectivity index (χ4n) is 2.87. The van der Waals surface area contributed by atoms with Gasteiger partial charge in [0, 0.05) is 25.8 Å². The number of ether oxygens (including phenoxy) is 1. The predicted molar refractivity (Wildman–Crippen MR) is 131 cm³/mol. The zero-order chi connectivity index (χ0) is 20.3. The number of nitrogens with zero attached hydrogens (tertiary/aromatic N) is 2. The van der Waals surface area contributed by atoms with Gasteiger partial charge in [-0.15, -0.1) is 24.0 Å². The Labute approximate surface area is 195 Å². The van der Waals surface area contributed by atoms with Crippen molar-refractivity contribution in [2.24, 2.45) is 4.99 Å². The third kappa shape index (κ3) is 7.14. The lowest BCUT2D eigenvalue weighted by atomic mass is 10.1. The van der Waals surface area contributed by atoms with E-state index in [1.54, 1.807) is 13.3 Å². The molecule has 0 spiro atoms. The molecule has 3 rings (SSSR count). The number of hydrogen-bond acceptors (Lipinski definition) is 4. The average Bonchev–Trinajstić information content (AvgIpc) is 3.25. The van der Waals surface area contributed by atoms with E-state index < -0.39 is 0 Å². The normalized spacial score (nSPS) is 11.1. The van der Waals surface area contributed by atoms with Gasteiger partial charge in [0.25, 0.3) is 0 Å². The van der Waals surface area contributed by atoms with Crippen LogP contribution in [0.5, 0.6) is 0 Å². The third-order valence-electron chi connectivity index (χ3n) is 4.40. The number of aliphatic imine (C=N–C) groups is 1. The summed E-state index contributed by atoms with van der Waals surface area (Å²) in [5, 5.41) is 6.63. The van der Waals surface area contributed by atoms with Gasteiger partial charge in [0.1, 0.15) is 6.26 Å². The Bertz CT molecular complexity index is 912. The Hall–Kier alpha value is -2.39. The molecule has 7 heteroatoms. The molecule has 0 unspecified atom stereocenters.